The van der Waals surface area contributed by atoms with E-state index in [9.17, 15) is 29.4 Å². The van der Waals surface area contributed by atoms with Gasteiger partial charge in [-0.3, -0.25) is 14.4 Å². The van der Waals surface area contributed by atoms with Crippen molar-refractivity contribution in [1.82, 2.24) is 0 Å². The monoisotopic (exact) mass is 588 g/mol. The Morgan fingerprint density at radius 2 is 1.79 bits per heavy atom. The fourth-order valence-electron chi connectivity index (χ4n) is 9.89. The highest BCUT2D eigenvalue weighted by atomic mass is 16.6. The molecule has 11 atom stereocenters. The summed E-state index contributed by atoms with van der Waals surface area (Å²) in [6, 6.07) is 1.75. The Morgan fingerprint density at radius 1 is 1.10 bits per heavy atom. The van der Waals surface area contributed by atoms with E-state index in [0.29, 0.717) is 18.4 Å². The fraction of sp³-hybridized carbons (Fsp3) is 0.742. The molecule has 2 unspecified atom stereocenters. The van der Waals surface area contributed by atoms with Gasteiger partial charge in [-0.1, -0.05) is 41.5 Å². The summed E-state index contributed by atoms with van der Waals surface area (Å²) < 4.78 is 28.6. The Kier molecular flexibility index (Phi) is 6.20. The second kappa shape index (κ2) is 8.89. The number of aliphatic hydroxyl groups excluding tert-OH is 1. The summed E-state index contributed by atoms with van der Waals surface area (Å²) in [5.41, 5.74) is -6.22. The number of rotatable bonds is 5. The van der Waals surface area contributed by atoms with Gasteiger partial charge in [-0.25, -0.2) is 4.79 Å². The highest BCUT2D eigenvalue weighted by Crippen LogP contribution is 2.78. The van der Waals surface area contributed by atoms with Crippen LogP contribution in [0.15, 0.2) is 23.0 Å². The zero-order valence-electron chi connectivity index (χ0n) is 25.0. The van der Waals surface area contributed by atoms with E-state index in [1.807, 2.05) is 6.92 Å². The Labute approximate surface area is 244 Å². The predicted molar refractivity (Wildman–Crippen MR) is 142 cm³/mol. The van der Waals surface area contributed by atoms with Crippen LogP contribution in [0.1, 0.15) is 72.5 Å². The molecule has 3 saturated carbocycles. The summed E-state index contributed by atoms with van der Waals surface area (Å²) in [6.45, 7) is 10.3. The molecule has 3 heterocycles. The highest BCUT2D eigenvalue weighted by Gasteiger charge is 2.91. The van der Waals surface area contributed by atoms with Crippen LogP contribution in [0.2, 0.25) is 0 Å². The molecule has 2 N–H and O–H groups in total. The number of carbonyl (C=O) groups excluding carboxylic acids is 4. The number of ether oxygens (including phenoxy) is 4. The van der Waals surface area contributed by atoms with Crippen molar-refractivity contribution in [3.8, 4) is 0 Å². The summed E-state index contributed by atoms with van der Waals surface area (Å²) >= 11 is 0. The van der Waals surface area contributed by atoms with Crippen molar-refractivity contribution in [1.29, 1.82) is 0 Å². The second-order valence-corrected chi connectivity index (χ2v) is 14.3. The molecule has 0 aromatic carbocycles. The number of ketones is 1. The van der Waals surface area contributed by atoms with Gasteiger partial charge in [0.05, 0.1) is 32.0 Å². The summed E-state index contributed by atoms with van der Waals surface area (Å²) in [5.74, 6) is -5.42. The number of fused-ring (bicyclic) bond motifs is 5. The maximum absolute atomic E-state index is 14.7. The highest BCUT2D eigenvalue weighted by molar-refractivity contribution is 5.99. The normalized spacial score (nSPS) is 45.6. The minimum absolute atomic E-state index is 0.0116. The number of epoxide rings is 1. The Hall–Kier alpha value is -2.76. The summed E-state index contributed by atoms with van der Waals surface area (Å²) in [6.07, 6.45) is -0.922. The smallest absolute Gasteiger partial charge is 0.335 e. The minimum Gasteiger partial charge on any atom is -0.472 e. The van der Waals surface area contributed by atoms with Gasteiger partial charge in [0.2, 0.25) is 0 Å². The molecule has 11 nitrogen and oxygen atoms in total. The van der Waals surface area contributed by atoms with Crippen molar-refractivity contribution >= 4 is 23.7 Å². The van der Waals surface area contributed by atoms with Crippen molar-refractivity contribution in [3.63, 3.8) is 0 Å². The Morgan fingerprint density at radius 3 is 2.38 bits per heavy atom. The third kappa shape index (κ3) is 3.33. The summed E-state index contributed by atoms with van der Waals surface area (Å²) in [5, 5.41) is 24.1. The standard InChI is InChI=1S/C31H40O11/c1-14(2)22(34)41-25-27(3,4)20(19(33)23(35)38-7)29(6)16-8-10-28(5)17(31(16)26(42-31)30(25,37)24(29)36)12-18(32)40-21(28)15-9-11-39-13-15/h9,11,13-14,16-17,19-21,25-26,33,37H,8,10,12H2,1-7H3/t16?,17?,19-,20+,21+,25+,26-,28-,29-,30+,31-/m1/s1. The van der Waals surface area contributed by atoms with Gasteiger partial charge in [0, 0.05) is 39.6 Å². The van der Waals surface area contributed by atoms with Gasteiger partial charge in [-0.15, -0.1) is 0 Å². The van der Waals surface area contributed by atoms with Gasteiger partial charge in [0.1, 0.15) is 23.9 Å². The van der Waals surface area contributed by atoms with Crippen LogP contribution in [0.4, 0.5) is 0 Å². The van der Waals surface area contributed by atoms with Crippen LogP contribution < -0.4 is 0 Å². The lowest BCUT2D eigenvalue weighted by molar-refractivity contribution is -0.261. The van der Waals surface area contributed by atoms with Crippen molar-refractivity contribution in [3.05, 3.63) is 24.2 Å². The molecule has 1 aromatic heterocycles. The van der Waals surface area contributed by atoms with Gasteiger partial charge >= 0.3 is 17.9 Å². The number of Topliss-reactive ketones (excluding diaryl/α,β-unsaturated/α-hetero) is 1. The molecule has 42 heavy (non-hydrogen) atoms. The largest absolute Gasteiger partial charge is 0.472 e. The number of methoxy groups -OCH3 is 1. The van der Waals surface area contributed by atoms with Crippen LogP contribution in [0.25, 0.3) is 0 Å². The van der Waals surface area contributed by atoms with Crippen molar-refractivity contribution < 1.29 is 52.8 Å². The molecule has 5 fully saturated rings. The zero-order valence-corrected chi connectivity index (χ0v) is 25.0. The minimum atomic E-state index is -2.30. The zero-order chi connectivity index (χ0) is 30.8. The number of esters is 3. The first kappa shape index (κ1) is 29.3. The van der Waals surface area contributed by atoms with Crippen LogP contribution in [0.3, 0.4) is 0 Å². The molecule has 2 saturated heterocycles. The van der Waals surface area contributed by atoms with E-state index >= 15 is 0 Å². The lowest BCUT2D eigenvalue weighted by Crippen LogP contribution is -2.81. The van der Waals surface area contributed by atoms with Gasteiger partial charge in [-0.05, 0) is 18.9 Å². The molecule has 230 valence electrons. The molecule has 6 rings (SSSR count). The van der Waals surface area contributed by atoms with E-state index in [1.54, 1.807) is 46.9 Å². The molecule has 0 amide bonds. The number of furan rings is 1. The molecule has 0 radical (unpaired) electrons. The maximum atomic E-state index is 14.7. The Balaban J connectivity index is 1.55. The van der Waals surface area contributed by atoms with Crippen molar-refractivity contribution in [2.45, 2.75) is 96.4 Å². The number of carbonyl (C=O) groups is 4. The first-order chi connectivity index (χ1) is 19.5. The van der Waals surface area contributed by atoms with Crippen LogP contribution in [0, 0.1) is 39.9 Å². The average Bonchev–Trinajstić information content (AvgIpc) is 3.41. The van der Waals surface area contributed by atoms with Gasteiger partial charge in [-0.2, -0.15) is 0 Å². The molecule has 2 aliphatic heterocycles. The first-order valence-electron chi connectivity index (χ1n) is 14.7. The van der Waals surface area contributed by atoms with E-state index < -0.39 is 99.2 Å². The van der Waals surface area contributed by atoms with E-state index in [0.717, 1.165) is 7.11 Å². The number of hydrogen-bond donors (Lipinski definition) is 2. The first-order valence-corrected chi connectivity index (χ1v) is 14.7. The second-order valence-electron chi connectivity index (χ2n) is 14.3. The van der Waals surface area contributed by atoms with Gasteiger partial charge in [0.25, 0.3) is 0 Å². The molecule has 2 bridgehead atoms. The fourth-order valence-corrected chi connectivity index (χ4v) is 9.89. The molecule has 1 spiro atoms. The lowest BCUT2D eigenvalue weighted by Gasteiger charge is -2.67. The third-order valence-electron chi connectivity index (χ3n) is 11.6. The Bertz CT molecular complexity index is 1330. The molecule has 5 aliphatic rings. The van der Waals surface area contributed by atoms with Crippen molar-refractivity contribution in [2.75, 3.05) is 7.11 Å². The molecular formula is C31H40O11. The quantitative estimate of drug-likeness (QED) is 0.295. The summed E-state index contributed by atoms with van der Waals surface area (Å²) in [7, 11) is 1.15. The van der Waals surface area contributed by atoms with Crippen LogP contribution in [-0.4, -0.2) is 70.5 Å². The number of cyclic esters (lactones) is 1. The van der Waals surface area contributed by atoms with Crippen molar-refractivity contribution in [2.24, 2.45) is 39.9 Å². The lowest BCUT2D eigenvalue weighted by atomic mass is 9.36. The van der Waals surface area contributed by atoms with Crippen LogP contribution in [0.5, 0.6) is 0 Å². The third-order valence-corrected chi connectivity index (χ3v) is 11.6. The molecular weight excluding hydrogens is 548 g/mol. The molecule has 11 heteroatoms. The SMILES string of the molecule is COC(=O)[C@H](O)[C@H]1C(C)(C)[C@H](OC(=O)C(C)C)[C@@]2(O)C(=O)[C@]1(C)C1CC[C@]3(C)C(CC(=O)O[C@H]3c3ccoc3)[C@]13O[C@@H]32. The average molecular weight is 589 g/mol. The van der Waals surface area contributed by atoms with E-state index in [4.69, 9.17) is 23.4 Å². The van der Waals surface area contributed by atoms with E-state index in [-0.39, 0.29) is 6.42 Å². The van der Waals surface area contributed by atoms with Crippen LogP contribution >= 0.6 is 0 Å². The number of aliphatic hydroxyl groups is 2. The van der Waals surface area contributed by atoms with Gasteiger partial charge in [0.15, 0.2) is 17.5 Å². The maximum Gasteiger partial charge on any atom is 0.335 e. The summed E-state index contributed by atoms with van der Waals surface area (Å²) in [4.78, 5) is 53.8. The van der Waals surface area contributed by atoms with Gasteiger partial charge < -0.3 is 33.6 Å². The number of hydrogen-bond acceptors (Lipinski definition) is 11. The molecule has 3 aliphatic carbocycles. The topological polar surface area (TPSA) is 162 Å². The van der Waals surface area contributed by atoms with Crippen LogP contribution in [-0.2, 0) is 38.1 Å². The predicted octanol–water partition coefficient (Wildman–Crippen LogP) is 2.52. The van der Waals surface area contributed by atoms with E-state index in [2.05, 4.69) is 0 Å². The molecule has 1 aromatic rings. The van der Waals surface area contributed by atoms with E-state index in [1.165, 1.54) is 6.26 Å².